The highest BCUT2D eigenvalue weighted by Crippen LogP contribution is 2.40. The van der Waals surface area contributed by atoms with Gasteiger partial charge in [0, 0.05) is 6.54 Å². The second-order valence-electron chi connectivity index (χ2n) is 5.19. The number of carbonyl (C=O) groups excluding carboxylic acids is 1. The maximum absolute atomic E-state index is 12.2. The molecule has 1 aliphatic heterocycles. The van der Waals surface area contributed by atoms with Crippen LogP contribution in [0.5, 0.6) is 0 Å². The maximum Gasteiger partial charge on any atom is 0.335 e. The molecule has 2 heterocycles. The summed E-state index contributed by atoms with van der Waals surface area (Å²) in [6.07, 6.45) is 0. The minimum Gasteiger partial charge on any atom is -0.478 e. The topological polar surface area (TPSA) is 57.6 Å². The number of aromatic carboxylic acids is 1. The summed E-state index contributed by atoms with van der Waals surface area (Å²) in [5, 5.41) is 13.2. The van der Waals surface area contributed by atoms with Gasteiger partial charge >= 0.3 is 5.97 Å². The quantitative estimate of drug-likeness (QED) is 0.930. The number of hydrogen-bond acceptors (Lipinski definition) is 4. The molecule has 1 aliphatic rings. The molecule has 2 aromatic rings. The Morgan fingerprint density at radius 2 is 2.23 bits per heavy atom. The van der Waals surface area contributed by atoms with E-state index >= 15 is 0 Å². The van der Waals surface area contributed by atoms with E-state index in [4.69, 9.17) is 5.11 Å². The van der Waals surface area contributed by atoms with Crippen LogP contribution in [0, 0.1) is 6.92 Å². The molecule has 114 valence electrons. The van der Waals surface area contributed by atoms with Crippen LogP contribution in [0.3, 0.4) is 0 Å². The number of carbonyl (C=O) groups is 2. The van der Waals surface area contributed by atoms with Gasteiger partial charge in [-0.25, -0.2) is 4.79 Å². The van der Waals surface area contributed by atoms with Gasteiger partial charge in [0.15, 0.2) is 0 Å². The molecule has 0 aliphatic carbocycles. The lowest BCUT2D eigenvalue weighted by molar-refractivity contribution is -0.128. The zero-order valence-electron chi connectivity index (χ0n) is 12.0. The Bertz CT molecular complexity index is 712. The van der Waals surface area contributed by atoms with Crippen molar-refractivity contribution in [3.8, 4) is 0 Å². The lowest BCUT2D eigenvalue weighted by Crippen LogP contribution is -2.27. The molecular formula is C16H15NO3S2. The van der Waals surface area contributed by atoms with Gasteiger partial charge in [0.25, 0.3) is 0 Å². The zero-order chi connectivity index (χ0) is 15.7. The highest BCUT2D eigenvalue weighted by molar-refractivity contribution is 8.00. The van der Waals surface area contributed by atoms with Gasteiger partial charge in [-0.3, -0.25) is 4.79 Å². The molecule has 1 saturated heterocycles. The first-order valence-corrected chi connectivity index (χ1v) is 8.81. The Kier molecular flexibility index (Phi) is 4.22. The van der Waals surface area contributed by atoms with Gasteiger partial charge in [0.05, 0.1) is 11.3 Å². The first-order chi connectivity index (χ1) is 10.6. The molecule has 1 N–H and O–H groups in total. The highest BCUT2D eigenvalue weighted by atomic mass is 32.2. The van der Waals surface area contributed by atoms with Gasteiger partial charge < -0.3 is 10.0 Å². The van der Waals surface area contributed by atoms with Crippen LogP contribution in [0.1, 0.15) is 32.4 Å². The molecule has 6 heteroatoms. The van der Waals surface area contributed by atoms with Crippen molar-refractivity contribution < 1.29 is 14.7 Å². The van der Waals surface area contributed by atoms with Crippen LogP contribution in [0.4, 0.5) is 0 Å². The van der Waals surface area contributed by atoms with Crippen LogP contribution < -0.4 is 0 Å². The van der Waals surface area contributed by atoms with Crippen LogP contribution in [0.15, 0.2) is 35.0 Å². The van der Waals surface area contributed by atoms with Crippen molar-refractivity contribution in [1.29, 1.82) is 0 Å². The summed E-state index contributed by atoms with van der Waals surface area (Å²) >= 11 is 3.27. The van der Waals surface area contributed by atoms with Gasteiger partial charge in [0.2, 0.25) is 5.91 Å². The molecule has 1 atom stereocenters. The van der Waals surface area contributed by atoms with E-state index in [1.807, 2.05) is 23.3 Å². The third-order valence-electron chi connectivity index (χ3n) is 3.73. The molecule has 1 aromatic heterocycles. The second kappa shape index (κ2) is 6.14. The Labute approximate surface area is 136 Å². The van der Waals surface area contributed by atoms with Crippen molar-refractivity contribution in [2.45, 2.75) is 18.8 Å². The predicted molar refractivity (Wildman–Crippen MR) is 88.2 cm³/mol. The second-order valence-corrected chi connectivity index (χ2v) is 7.04. The SMILES string of the molecule is Cc1cc(C(=O)O)ccc1CN1C(=O)CSC1c1ccsc1. The molecular weight excluding hydrogens is 318 g/mol. The van der Waals surface area contributed by atoms with E-state index in [2.05, 4.69) is 5.38 Å². The maximum atomic E-state index is 12.2. The van der Waals surface area contributed by atoms with E-state index in [9.17, 15) is 9.59 Å². The largest absolute Gasteiger partial charge is 0.478 e. The fourth-order valence-electron chi connectivity index (χ4n) is 2.51. The van der Waals surface area contributed by atoms with Crippen LogP contribution >= 0.6 is 23.1 Å². The first kappa shape index (κ1) is 15.1. The summed E-state index contributed by atoms with van der Waals surface area (Å²) in [5.41, 5.74) is 3.31. The van der Waals surface area contributed by atoms with Crippen LogP contribution in [-0.2, 0) is 11.3 Å². The molecule has 3 rings (SSSR count). The van der Waals surface area contributed by atoms with E-state index < -0.39 is 5.97 Å². The van der Waals surface area contributed by atoms with E-state index in [1.54, 1.807) is 41.3 Å². The summed E-state index contributed by atoms with van der Waals surface area (Å²) in [4.78, 5) is 25.1. The average molecular weight is 333 g/mol. The third kappa shape index (κ3) is 2.89. The lowest BCUT2D eigenvalue weighted by Gasteiger charge is -2.24. The minimum absolute atomic E-state index is 0.0531. The number of thioether (sulfide) groups is 1. The molecule has 1 fully saturated rings. The Morgan fingerprint density at radius 1 is 1.41 bits per heavy atom. The fourth-order valence-corrected chi connectivity index (χ4v) is 4.45. The summed E-state index contributed by atoms with van der Waals surface area (Å²) < 4.78 is 0. The van der Waals surface area contributed by atoms with E-state index in [1.165, 1.54) is 0 Å². The van der Waals surface area contributed by atoms with Crippen molar-refractivity contribution in [3.63, 3.8) is 0 Å². The van der Waals surface area contributed by atoms with E-state index in [-0.39, 0.29) is 16.8 Å². The summed E-state index contributed by atoms with van der Waals surface area (Å²) in [7, 11) is 0. The lowest BCUT2D eigenvalue weighted by atomic mass is 10.0. The fraction of sp³-hybridized carbons (Fsp3) is 0.250. The monoisotopic (exact) mass is 333 g/mol. The number of benzene rings is 1. The van der Waals surface area contributed by atoms with Crippen molar-refractivity contribution in [2.24, 2.45) is 0 Å². The predicted octanol–water partition coefficient (Wildman–Crippen LogP) is 3.53. The molecule has 22 heavy (non-hydrogen) atoms. The van der Waals surface area contributed by atoms with Crippen molar-refractivity contribution in [1.82, 2.24) is 4.90 Å². The van der Waals surface area contributed by atoms with Crippen LogP contribution in [-0.4, -0.2) is 27.6 Å². The molecule has 1 aromatic carbocycles. The highest BCUT2D eigenvalue weighted by Gasteiger charge is 2.33. The molecule has 0 saturated carbocycles. The zero-order valence-corrected chi connectivity index (χ0v) is 13.6. The summed E-state index contributed by atoms with van der Waals surface area (Å²) in [5.74, 6) is -0.311. The van der Waals surface area contributed by atoms with Gasteiger partial charge in [0.1, 0.15) is 5.37 Å². The number of thiophene rings is 1. The van der Waals surface area contributed by atoms with Crippen LogP contribution in [0.2, 0.25) is 0 Å². The number of nitrogens with zero attached hydrogens (tertiary/aromatic N) is 1. The van der Waals surface area contributed by atoms with Crippen molar-refractivity contribution in [3.05, 3.63) is 57.3 Å². The van der Waals surface area contributed by atoms with Gasteiger partial charge in [-0.1, -0.05) is 6.07 Å². The number of aryl methyl sites for hydroxylation is 1. The summed E-state index contributed by atoms with van der Waals surface area (Å²) in [6, 6.07) is 7.11. The molecule has 1 amide bonds. The van der Waals surface area contributed by atoms with Gasteiger partial charge in [-0.05, 0) is 52.6 Å². The Morgan fingerprint density at radius 3 is 2.86 bits per heavy atom. The molecule has 0 bridgehead atoms. The van der Waals surface area contributed by atoms with Gasteiger partial charge in [-0.15, -0.1) is 11.8 Å². The number of hydrogen-bond donors (Lipinski definition) is 1. The normalized spacial score (nSPS) is 18.0. The minimum atomic E-state index is -0.932. The number of carboxylic acid groups (broad SMARTS) is 1. The summed E-state index contributed by atoms with van der Waals surface area (Å²) in [6.45, 7) is 2.40. The molecule has 0 spiro atoms. The van der Waals surface area contributed by atoms with Crippen molar-refractivity contribution >= 4 is 35.0 Å². The molecule has 4 nitrogen and oxygen atoms in total. The Balaban J connectivity index is 1.84. The van der Waals surface area contributed by atoms with Gasteiger partial charge in [-0.2, -0.15) is 11.3 Å². The molecule has 0 radical (unpaired) electrons. The first-order valence-electron chi connectivity index (χ1n) is 6.82. The smallest absolute Gasteiger partial charge is 0.335 e. The third-order valence-corrected chi connectivity index (χ3v) is 5.68. The van der Waals surface area contributed by atoms with E-state index in [0.717, 1.165) is 16.7 Å². The Hall–Kier alpha value is -1.79. The number of amides is 1. The molecule has 1 unspecified atom stereocenters. The van der Waals surface area contributed by atoms with Crippen molar-refractivity contribution in [2.75, 3.05) is 5.75 Å². The van der Waals surface area contributed by atoms with Crippen LogP contribution in [0.25, 0.3) is 0 Å². The standard InChI is InChI=1S/C16H15NO3S2/c1-10-6-11(16(19)20)2-3-12(10)7-17-14(18)9-22-15(17)13-4-5-21-8-13/h2-6,8,15H,7,9H2,1H3,(H,19,20). The van der Waals surface area contributed by atoms with E-state index in [0.29, 0.717) is 12.3 Å². The average Bonchev–Trinajstić information content (AvgIpc) is 3.11. The number of carboxylic acids is 1. The number of rotatable bonds is 4.